The van der Waals surface area contributed by atoms with Gasteiger partial charge in [0.05, 0.1) is 26.9 Å². The van der Waals surface area contributed by atoms with Gasteiger partial charge in [-0.15, -0.1) is 0 Å². The topological polar surface area (TPSA) is 74.3 Å². The smallest absolute Gasteiger partial charge is 0.306 e. The van der Waals surface area contributed by atoms with Crippen LogP contribution in [0.5, 0.6) is 11.5 Å². The van der Waals surface area contributed by atoms with E-state index in [1.165, 1.54) is 0 Å². The fourth-order valence-electron chi connectivity index (χ4n) is 2.74. The number of aryl methyl sites for hydroxylation is 1. The summed E-state index contributed by atoms with van der Waals surface area (Å²) in [4.78, 5) is 25.7. The highest BCUT2D eigenvalue weighted by molar-refractivity contribution is 5.80. The van der Waals surface area contributed by atoms with Gasteiger partial charge >= 0.3 is 5.97 Å². The van der Waals surface area contributed by atoms with Gasteiger partial charge in [-0.2, -0.15) is 0 Å². The molecule has 25 heavy (non-hydrogen) atoms. The van der Waals surface area contributed by atoms with Crippen LogP contribution in [0.2, 0.25) is 0 Å². The predicted molar refractivity (Wildman–Crippen MR) is 90.8 cm³/mol. The molecule has 0 saturated carbocycles. The lowest BCUT2D eigenvalue weighted by Crippen LogP contribution is -2.46. The molecule has 7 nitrogen and oxygen atoms in total. The van der Waals surface area contributed by atoms with Gasteiger partial charge in [0.1, 0.15) is 0 Å². The minimum absolute atomic E-state index is 0.00827. The van der Waals surface area contributed by atoms with Crippen LogP contribution in [0.25, 0.3) is 0 Å². The predicted octanol–water partition coefficient (Wildman–Crippen LogP) is 1.43. The zero-order valence-corrected chi connectivity index (χ0v) is 14.9. The van der Waals surface area contributed by atoms with Crippen LogP contribution < -0.4 is 9.47 Å². The second kappa shape index (κ2) is 9.27. The van der Waals surface area contributed by atoms with Crippen LogP contribution >= 0.6 is 0 Å². The summed E-state index contributed by atoms with van der Waals surface area (Å²) in [6.07, 6.45) is 0.618. The number of amides is 1. The summed E-state index contributed by atoms with van der Waals surface area (Å²) < 4.78 is 21.1. The monoisotopic (exact) mass is 351 g/mol. The molecule has 1 aliphatic rings. The molecular weight excluding hydrogens is 326 g/mol. The summed E-state index contributed by atoms with van der Waals surface area (Å²) in [6.45, 7) is 3.24. The molecule has 7 heteroatoms. The van der Waals surface area contributed by atoms with Crippen LogP contribution in [0.1, 0.15) is 18.9 Å². The Hall–Kier alpha value is -2.28. The Morgan fingerprint density at radius 2 is 2.08 bits per heavy atom. The van der Waals surface area contributed by atoms with Gasteiger partial charge in [0.15, 0.2) is 18.1 Å². The summed E-state index contributed by atoms with van der Waals surface area (Å²) in [7, 11) is 3.12. The lowest BCUT2D eigenvalue weighted by atomic mass is 10.1. The van der Waals surface area contributed by atoms with Crippen molar-refractivity contribution in [2.45, 2.75) is 25.9 Å². The van der Waals surface area contributed by atoms with E-state index in [1.54, 1.807) is 25.2 Å². The van der Waals surface area contributed by atoms with E-state index in [1.807, 2.05) is 19.1 Å². The normalized spacial score (nSPS) is 17.1. The summed E-state index contributed by atoms with van der Waals surface area (Å²) in [5.41, 5.74) is 0.854. The van der Waals surface area contributed by atoms with Crippen molar-refractivity contribution < 1.29 is 28.5 Å². The van der Waals surface area contributed by atoms with E-state index < -0.39 is 5.97 Å². The number of methoxy groups -OCH3 is 2. The highest BCUT2D eigenvalue weighted by atomic mass is 16.5. The van der Waals surface area contributed by atoms with Gasteiger partial charge in [-0.05, 0) is 25.0 Å². The first-order valence-corrected chi connectivity index (χ1v) is 8.30. The maximum Gasteiger partial charge on any atom is 0.306 e. The number of rotatable bonds is 7. The molecule has 1 heterocycles. The largest absolute Gasteiger partial charge is 0.493 e. The first-order valence-electron chi connectivity index (χ1n) is 8.30. The molecule has 1 aliphatic heterocycles. The van der Waals surface area contributed by atoms with Gasteiger partial charge in [0, 0.05) is 19.5 Å². The first kappa shape index (κ1) is 19.1. The number of carbonyl (C=O) groups is 2. The quantitative estimate of drug-likeness (QED) is 0.692. The number of morpholine rings is 1. The van der Waals surface area contributed by atoms with E-state index in [0.29, 0.717) is 37.6 Å². The maximum absolute atomic E-state index is 12.1. The lowest BCUT2D eigenvalue weighted by molar-refractivity contribution is -0.154. The van der Waals surface area contributed by atoms with Gasteiger partial charge in [-0.3, -0.25) is 9.59 Å². The Bertz CT molecular complexity index is 603. The van der Waals surface area contributed by atoms with E-state index in [9.17, 15) is 9.59 Å². The SMILES string of the molecule is COc1cccc(CCC(=O)OCC(=O)N2CCOC(C)C2)c1OC. The maximum atomic E-state index is 12.1. The van der Waals surface area contributed by atoms with Crippen molar-refractivity contribution in [1.82, 2.24) is 4.90 Å². The van der Waals surface area contributed by atoms with Crippen molar-refractivity contribution in [1.29, 1.82) is 0 Å². The second-order valence-corrected chi connectivity index (χ2v) is 5.83. The van der Waals surface area contributed by atoms with Crippen LogP contribution in [0, 0.1) is 0 Å². The fourth-order valence-corrected chi connectivity index (χ4v) is 2.74. The summed E-state index contributed by atoms with van der Waals surface area (Å²) in [5.74, 6) is 0.614. The molecule has 0 spiro atoms. The molecule has 0 N–H and O–H groups in total. The number of ether oxygens (including phenoxy) is 4. The summed E-state index contributed by atoms with van der Waals surface area (Å²) in [6, 6.07) is 5.50. The van der Waals surface area contributed by atoms with Crippen LogP contribution in [0.15, 0.2) is 18.2 Å². The van der Waals surface area contributed by atoms with E-state index in [0.717, 1.165) is 5.56 Å². The molecule has 0 aromatic heterocycles. The second-order valence-electron chi connectivity index (χ2n) is 5.83. The zero-order valence-electron chi connectivity index (χ0n) is 14.9. The van der Waals surface area contributed by atoms with Gasteiger partial charge in [0.25, 0.3) is 5.91 Å². The minimum atomic E-state index is -0.417. The molecule has 138 valence electrons. The van der Waals surface area contributed by atoms with Crippen molar-refractivity contribution in [2.75, 3.05) is 40.5 Å². The van der Waals surface area contributed by atoms with Crippen molar-refractivity contribution in [3.8, 4) is 11.5 Å². The third-order valence-corrected chi connectivity index (χ3v) is 4.03. The first-order chi connectivity index (χ1) is 12.0. The molecule has 1 unspecified atom stereocenters. The van der Waals surface area contributed by atoms with Crippen molar-refractivity contribution >= 4 is 11.9 Å². The highest BCUT2D eigenvalue weighted by Crippen LogP contribution is 2.31. The number of para-hydroxylation sites is 1. The van der Waals surface area contributed by atoms with Crippen molar-refractivity contribution in [3.63, 3.8) is 0 Å². The summed E-state index contributed by atoms with van der Waals surface area (Å²) >= 11 is 0. The van der Waals surface area contributed by atoms with E-state index in [-0.39, 0.29) is 25.0 Å². The number of hydrogen-bond acceptors (Lipinski definition) is 6. The van der Waals surface area contributed by atoms with Gasteiger partial charge in [-0.1, -0.05) is 12.1 Å². The third kappa shape index (κ3) is 5.35. The third-order valence-electron chi connectivity index (χ3n) is 4.03. The Morgan fingerprint density at radius 1 is 1.28 bits per heavy atom. The van der Waals surface area contributed by atoms with Crippen molar-refractivity contribution in [2.24, 2.45) is 0 Å². The van der Waals surface area contributed by atoms with E-state index >= 15 is 0 Å². The zero-order chi connectivity index (χ0) is 18.2. The van der Waals surface area contributed by atoms with Crippen LogP contribution in [0.3, 0.4) is 0 Å². The molecule has 1 amide bonds. The Labute approximate surface area is 147 Å². The standard InChI is InChI=1S/C18H25NO6/c1-13-11-19(9-10-24-13)16(20)12-25-17(21)8-7-14-5-4-6-15(22-2)18(14)23-3/h4-6,13H,7-12H2,1-3H3. The number of nitrogens with zero attached hydrogens (tertiary/aromatic N) is 1. The molecule has 1 aromatic carbocycles. The van der Waals surface area contributed by atoms with Gasteiger partial charge in [-0.25, -0.2) is 0 Å². The highest BCUT2D eigenvalue weighted by Gasteiger charge is 2.22. The molecule has 0 bridgehead atoms. The number of esters is 1. The Kier molecular flexibility index (Phi) is 7.06. The molecule has 1 fully saturated rings. The fraction of sp³-hybridized carbons (Fsp3) is 0.556. The van der Waals surface area contributed by atoms with Crippen LogP contribution in [-0.2, 0) is 25.5 Å². The van der Waals surface area contributed by atoms with Crippen LogP contribution in [-0.4, -0.2) is 63.4 Å². The van der Waals surface area contributed by atoms with Gasteiger partial charge < -0.3 is 23.8 Å². The molecule has 1 aromatic rings. The number of benzene rings is 1. The number of carbonyl (C=O) groups excluding carboxylic acids is 2. The van der Waals surface area contributed by atoms with Crippen molar-refractivity contribution in [3.05, 3.63) is 23.8 Å². The number of hydrogen-bond donors (Lipinski definition) is 0. The van der Waals surface area contributed by atoms with Gasteiger partial charge in [0.2, 0.25) is 0 Å². The molecule has 1 atom stereocenters. The minimum Gasteiger partial charge on any atom is -0.493 e. The van der Waals surface area contributed by atoms with E-state index in [4.69, 9.17) is 18.9 Å². The van der Waals surface area contributed by atoms with Crippen LogP contribution in [0.4, 0.5) is 0 Å². The average Bonchev–Trinajstić information content (AvgIpc) is 2.63. The molecule has 0 radical (unpaired) electrons. The summed E-state index contributed by atoms with van der Waals surface area (Å²) in [5, 5.41) is 0. The Balaban J connectivity index is 1.80. The molecule has 1 saturated heterocycles. The molecular formula is C18H25NO6. The molecule has 2 rings (SSSR count). The average molecular weight is 351 g/mol. The Morgan fingerprint density at radius 3 is 2.76 bits per heavy atom. The lowest BCUT2D eigenvalue weighted by Gasteiger charge is -2.30. The molecule has 0 aliphatic carbocycles. The van der Waals surface area contributed by atoms with E-state index in [2.05, 4.69) is 0 Å².